The minimum atomic E-state index is -0.523. The monoisotopic (exact) mass is 295 g/mol. The molecule has 20 heavy (non-hydrogen) atoms. The van der Waals surface area contributed by atoms with Crippen molar-refractivity contribution in [2.24, 2.45) is 0 Å². The van der Waals surface area contributed by atoms with E-state index in [1.54, 1.807) is 6.08 Å². The van der Waals surface area contributed by atoms with E-state index in [0.717, 1.165) is 24.3 Å². The van der Waals surface area contributed by atoms with Crippen LogP contribution in [0, 0.1) is 0 Å². The summed E-state index contributed by atoms with van der Waals surface area (Å²) in [5.74, 6) is -0.830. The van der Waals surface area contributed by atoms with E-state index >= 15 is 0 Å². The van der Waals surface area contributed by atoms with Gasteiger partial charge in [0.2, 0.25) is 0 Å². The van der Waals surface area contributed by atoms with E-state index < -0.39 is 5.97 Å². The van der Waals surface area contributed by atoms with Crippen molar-refractivity contribution in [1.82, 2.24) is 5.32 Å². The highest BCUT2D eigenvalue weighted by Gasteiger charge is 2.16. The first kappa shape index (κ1) is 14.7. The zero-order valence-corrected chi connectivity index (χ0v) is 11.9. The second-order valence-electron chi connectivity index (χ2n) is 4.40. The molecule has 1 aliphatic heterocycles. The van der Waals surface area contributed by atoms with Crippen LogP contribution in [0.4, 0.5) is 0 Å². The topological polar surface area (TPSA) is 64.6 Å². The smallest absolute Gasteiger partial charge is 0.331 e. The van der Waals surface area contributed by atoms with Crippen molar-refractivity contribution in [3.8, 4) is 0 Å². The van der Waals surface area contributed by atoms with Gasteiger partial charge in [0, 0.05) is 24.1 Å². The van der Waals surface area contributed by atoms with E-state index in [4.69, 9.17) is 9.47 Å². The minimum absolute atomic E-state index is 0.0911. The summed E-state index contributed by atoms with van der Waals surface area (Å²) in [6.07, 6.45) is 5.07. The Morgan fingerprint density at radius 3 is 3.15 bits per heavy atom. The lowest BCUT2D eigenvalue weighted by atomic mass is 10.2. The summed E-state index contributed by atoms with van der Waals surface area (Å²) in [7, 11) is 0. The number of ether oxygens (including phenoxy) is 2. The first-order chi connectivity index (χ1) is 9.74. The third kappa shape index (κ3) is 5.14. The van der Waals surface area contributed by atoms with Gasteiger partial charge in [-0.2, -0.15) is 0 Å². The normalized spacial score (nSPS) is 18.3. The van der Waals surface area contributed by atoms with Gasteiger partial charge in [0.15, 0.2) is 6.61 Å². The number of hydrogen-bond acceptors (Lipinski definition) is 5. The van der Waals surface area contributed by atoms with Crippen LogP contribution in [0.2, 0.25) is 0 Å². The fraction of sp³-hybridized carbons (Fsp3) is 0.429. The molecule has 2 heterocycles. The van der Waals surface area contributed by atoms with E-state index in [2.05, 4.69) is 5.32 Å². The van der Waals surface area contributed by atoms with Crippen molar-refractivity contribution in [1.29, 1.82) is 0 Å². The van der Waals surface area contributed by atoms with Crippen LogP contribution in [0.25, 0.3) is 6.08 Å². The summed E-state index contributed by atoms with van der Waals surface area (Å²) in [5.41, 5.74) is 0. The van der Waals surface area contributed by atoms with Crippen molar-refractivity contribution in [3.63, 3.8) is 0 Å². The van der Waals surface area contributed by atoms with Crippen molar-refractivity contribution >= 4 is 29.3 Å². The van der Waals surface area contributed by atoms with Crippen molar-refractivity contribution in [2.75, 3.05) is 19.8 Å². The van der Waals surface area contributed by atoms with E-state index in [1.807, 2.05) is 17.5 Å². The lowest BCUT2D eigenvalue weighted by molar-refractivity contribution is -0.143. The Morgan fingerprint density at radius 1 is 1.55 bits per heavy atom. The molecule has 5 nitrogen and oxygen atoms in total. The van der Waals surface area contributed by atoms with Crippen molar-refractivity contribution < 1.29 is 19.1 Å². The third-order valence-electron chi connectivity index (χ3n) is 2.82. The van der Waals surface area contributed by atoms with Crippen LogP contribution in [0.15, 0.2) is 23.6 Å². The molecule has 0 aromatic carbocycles. The van der Waals surface area contributed by atoms with E-state index in [1.165, 1.54) is 17.4 Å². The molecule has 1 unspecified atom stereocenters. The summed E-state index contributed by atoms with van der Waals surface area (Å²) in [5, 5.41) is 4.61. The third-order valence-corrected chi connectivity index (χ3v) is 3.66. The maximum Gasteiger partial charge on any atom is 0.331 e. The minimum Gasteiger partial charge on any atom is -0.452 e. The van der Waals surface area contributed by atoms with Crippen LogP contribution in [0.3, 0.4) is 0 Å². The number of hydrogen-bond donors (Lipinski definition) is 1. The molecule has 2 rings (SSSR count). The predicted octanol–water partition coefficient (Wildman–Crippen LogP) is 1.60. The van der Waals surface area contributed by atoms with Gasteiger partial charge in [0.05, 0.1) is 6.10 Å². The van der Waals surface area contributed by atoms with E-state index in [0.29, 0.717) is 6.54 Å². The van der Waals surface area contributed by atoms with E-state index in [-0.39, 0.29) is 18.6 Å². The van der Waals surface area contributed by atoms with Crippen LogP contribution >= 0.6 is 11.3 Å². The number of thiophene rings is 1. The Hall–Kier alpha value is -1.66. The Morgan fingerprint density at radius 2 is 2.45 bits per heavy atom. The molecule has 0 aliphatic carbocycles. The highest BCUT2D eigenvalue weighted by Crippen LogP contribution is 2.11. The predicted molar refractivity (Wildman–Crippen MR) is 76.3 cm³/mol. The molecule has 1 amide bonds. The van der Waals surface area contributed by atoms with Gasteiger partial charge >= 0.3 is 5.97 Å². The van der Waals surface area contributed by atoms with Crippen LogP contribution in [0.5, 0.6) is 0 Å². The SMILES string of the molecule is O=C(COC(=O)/C=C/c1cccs1)NCC1CCCO1. The molecule has 0 radical (unpaired) electrons. The average Bonchev–Trinajstić information content (AvgIpc) is 3.13. The van der Waals surface area contributed by atoms with Crippen LogP contribution < -0.4 is 5.32 Å². The van der Waals surface area contributed by atoms with Crippen LogP contribution in [0.1, 0.15) is 17.7 Å². The molecule has 1 atom stereocenters. The highest BCUT2D eigenvalue weighted by atomic mass is 32.1. The van der Waals surface area contributed by atoms with Gasteiger partial charge in [-0.15, -0.1) is 11.3 Å². The van der Waals surface area contributed by atoms with Gasteiger partial charge in [-0.05, 0) is 30.4 Å². The Bertz CT molecular complexity index is 464. The number of carbonyl (C=O) groups excluding carboxylic acids is 2. The molecule has 0 saturated carbocycles. The molecule has 1 saturated heterocycles. The zero-order chi connectivity index (χ0) is 14.2. The van der Waals surface area contributed by atoms with Crippen molar-refractivity contribution in [2.45, 2.75) is 18.9 Å². The molecular weight excluding hydrogens is 278 g/mol. The molecule has 1 aromatic heterocycles. The van der Waals surface area contributed by atoms with Gasteiger partial charge in [-0.3, -0.25) is 4.79 Å². The molecule has 1 aromatic rings. The summed E-state index contributed by atoms with van der Waals surface area (Å²) < 4.78 is 10.2. The molecule has 1 fully saturated rings. The summed E-state index contributed by atoms with van der Waals surface area (Å²) in [4.78, 5) is 23.8. The van der Waals surface area contributed by atoms with Gasteiger partial charge in [-0.1, -0.05) is 6.07 Å². The average molecular weight is 295 g/mol. The summed E-state index contributed by atoms with van der Waals surface area (Å²) in [6, 6.07) is 3.79. The molecule has 0 bridgehead atoms. The maximum atomic E-state index is 11.5. The van der Waals surface area contributed by atoms with E-state index in [9.17, 15) is 9.59 Å². The molecule has 6 heteroatoms. The molecule has 1 aliphatic rings. The van der Waals surface area contributed by atoms with Crippen molar-refractivity contribution in [3.05, 3.63) is 28.5 Å². The summed E-state index contributed by atoms with van der Waals surface area (Å²) in [6.45, 7) is 0.963. The Kier molecular flexibility index (Phi) is 5.76. The molecule has 0 spiro atoms. The fourth-order valence-electron chi connectivity index (χ4n) is 1.81. The Balaban J connectivity index is 1.61. The molecular formula is C14H17NO4S. The number of carbonyl (C=O) groups is 2. The number of amides is 1. The number of nitrogens with one attached hydrogen (secondary N) is 1. The maximum absolute atomic E-state index is 11.5. The van der Waals surface area contributed by atoms with Gasteiger partial charge in [-0.25, -0.2) is 4.79 Å². The largest absolute Gasteiger partial charge is 0.452 e. The second-order valence-corrected chi connectivity index (χ2v) is 5.37. The number of rotatable bonds is 6. The molecule has 1 N–H and O–H groups in total. The van der Waals surface area contributed by atoms with Gasteiger partial charge in [0.1, 0.15) is 0 Å². The molecule has 108 valence electrons. The highest BCUT2D eigenvalue weighted by molar-refractivity contribution is 7.10. The van der Waals surface area contributed by atoms with Crippen LogP contribution in [-0.2, 0) is 19.1 Å². The van der Waals surface area contributed by atoms with Gasteiger partial charge in [0.25, 0.3) is 5.91 Å². The standard InChI is InChI=1S/C14H17NO4S/c16-13(15-9-11-3-1-7-18-11)10-19-14(17)6-5-12-4-2-8-20-12/h2,4-6,8,11H,1,3,7,9-10H2,(H,15,16)/b6-5+. The lowest BCUT2D eigenvalue weighted by Crippen LogP contribution is -2.34. The Labute approximate surface area is 121 Å². The fourth-order valence-corrected chi connectivity index (χ4v) is 2.42. The lowest BCUT2D eigenvalue weighted by Gasteiger charge is -2.10. The second kappa shape index (κ2) is 7.81. The first-order valence-corrected chi connectivity index (χ1v) is 7.38. The van der Waals surface area contributed by atoms with Gasteiger partial charge < -0.3 is 14.8 Å². The quantitative estimate of drug-likeness (QED) is 0.639. The summed E-state index contributed by atoms with van der Waals surface area (Å²) >= 11 is 1.52. The number of esters is 1. The van der Waals surface area contributed by atoms with Crippen LogP contribution in [-0.4, -0.2) is 37.7 Å². The first-order valence-electron chi connectivity index (χ1n) is 6.50. The zero-order valence-electron chi connectivity index (χ0n) is 11.0.